The molecule has 0 bridgehead atoms. The van der Waals surface area contributed by atoms with Crippen molar-refractivity contribution in [3.8, 4) is 0 Å². The van der Waals surface area contributed by atoms with Gasteiger partial charge in [0, 0.05) is 17.8 Å². The van der Waals surface area contributed by atoms with Gasteiger partial charge in [-0.25, -0.2) is 9.97 Å². The molecule has 0 saturated heterocycles. The summed E-state index contributed by atoms with van der Waals surface area (Å²) in [7, 11) is 0. The van der Waals surface area contributed by atoms with E-state index in [1.54, 1.807) is 19.1 Å². The molecule has 20 heavy (non-hydrogen) atoms. The van der Waals surface area contributed by atoms with Crippen LogP contribution in [0.15, 0.2) is 16.7 Å². The van der Waals surface area contributed by atoms with Gasteiger partial charge >= 0.3 is 0 Å². The molecular weight excluding hydrogens is 258 g/mol. The van der Waals surface area contributed by atoms with Gasteiger partial charge in [0.2, 0.25) is 5.95 Å². The molecule has 7 nitrogen and oxygen atoms in total. The molecule has 0 spiro atoms. The fraction of sp³-hybridized carbons (Fsp3) is 0.385. The van der Waals surface area contributed by atoms with Crippen molar-refractivity contribution in [2.24, 2.45) is 0 Å². The van der Waals surface area contributed by atoms with Gasteiger partial charge in [-0.1, -0.05) is 5.16 Å². The van der Waals surface area contributed by atoms with E-state index in [4.69, 9.17) is 4.52 Å². The first-order valence-electron chi connectivity index (χ1n) is 6.47. The molecule has 1 aliphatic carbocycles. The Balaban J connectivity index is 1.80. The molecule has 0 aliphatic heterocycles. The fourth-order valence-corrected chi connectivity index (χ4v) is 1.77. The van der Waals surface area contributed by atoms with Crippen molar-refractivity contribution in [3.05, 3.63) is 29.3 Å². The standard InChI is InChI=1S/C13H15N5O2/c1-7-5-10(12(19)15-9-3-4-9)16-13(14-7)17-11-6-8(2)20-18-11/h5-6,9H,3-4H2,1-2H3,(H,15,19)(H,14,16,17,18). The minimum atomic E-state index is -0.169. The van der Waals surface area contributed by atoms with Gasteiger partial charge in [0.1, 0.15) is 11.5 Å². The highest BCUT2D eigenvalue weighted by atomic mass is 16.5. The largest absolute Gasteiger partial charge is 0.360 e. The molecule has 1 amide bonds. The lowest BCUT2D eigenvalue weighted by atomic mass is 10.3. The molecule has 7 heteroatoms. The molecule has 3 rings (SSSR count). The van der Waals surface area contributed by atoms with Crippen molar-refractivity contribution in [1.82, 2.24) is 20.4 Å². The number of anilines is 2. The van der Waals surface area contributed by atoms with Gasteiger partial charge in [-0.15, -0.1) is 0 Å². The van der Waals surface area contributed by atoms with Crippen LogP contribution in [0.2, 0.25) is 0 Å². The summed E-state index contributed by atoms with van der Waals surface area (Å²) in [5, 5.41) is 9.63. The van der Waals surface area contributed by atoms with Crippen LogP contribution in [-0.4, -0.2) is 27.1 Å². The predicted octanol–water partition coefficient (Wildman–Crippen LogP) is 1.72. The van der Waals surface area contributed by atoms with E-state index in [2.05, 4.69) is 25.8 Å². The number of nitrogens with zero attached hydrogens (tertiary/aromatic N) is 3. The minimum absolute atomic E-state index is 0.169. The van der Waals surface area contributed by atoms with E-state index in [9.17, 15) is 4.79 Å². The van der Waals surface area contributed by atoms with Gasteiger partial charge in [-0.3, -0.25) is 4.79 Å². The number of amides is 1. The van der Waals surface area contributed by atoms with Crippen molar-refractivity contribution in [2.45, 2.75) is 32.7 Å². The van der Waals surface area contributed by atoms with Crippen molar-refractivity contribution in [3.63, 3.8) is 0 Å². The van der Waals surface area contributed by atoms with Gasteiger partial charge in [0.15, 0.2) is 5.82 Å². The summed E-state index contributed by atoms with van der Waals surface area (Å²) in [4.78, 5) is 20.4. The van der Waals surface area contributed by atoms with E-state index in [0.717, 1.165) is 12.8 Å². The van der Waals surface area contributed by atoms with Gasteiger partial charge in [0.05, 0.1) is 0 Å². The Morgan fingerprint density at radius 1 is 1.30 bits per heavy atom. The lowest BCUT2D eigenvalue weighted by Crippen LogP contribution is -2.26. The Morgan fingerprint density at radius 2 is 2.10 bits per heavy atom. The maximum atomic E-state index is 12.0. The third-order valence-corrected chi connectivity index (χ3v) is 2.87. The van der Waals surface area contributed by atoms with Gasteiger partial charge in [0.25, 0.3) is 5.91 Å². The molecule has 0 atom stereocenters. The molecule has 2 N–H and O–H groups in total. The highest BCUT2D eigenvalue weighted by Crippen LogP contribution is 2.19. The van der Waals surface area contributed by atoms with Crippen LogP contribution in [0.25, 0.3) is 0 Å². The monoisotopic (exact) mass is 273 g/mol. The second kappa shape index (κ2) is 4.92. The first kappa shape index (κ1) is 12.6. The van der Waals surface area contributed by atoms with Crippen LogP contribution in [0.5, 0.6) is 0 Å². The first-order chi connectivity index (χ1) is 9.60. The van der Waals surface area contributed by atoms with Crippen LogP contribution in [0, 0.1) is 13.8 Å². The van der Waals surface area contributed by atoms with Crippen molar-refractivity contribution in [1.29, 1.82) is 0 Å². The normalized spacial score (nSPS) is 14.1. The Labute approximate surface area is 115 Å². The Morgan fingerprint density at radius 3 is 2.75 bits per heavy atom. The molecule has 1 fully saturated rings. The number of carbonyl (C=O) groups is 1. The third kappa shape index (κ3) is 2.93. The molecule has 0 aromatic carbocycles. The second-order valence-electron chi connectivity index (χ2n) is 4.91. The molecular formula is C13H15N5O2. The van der Waals surface area contributed by atoms with E-state index in [0.29, 0.717) is 35.0 Å². The fourth-order valence-electron chi connectivity index (χ4n) is 1.77. The van der Waals surface area contributed by atoms with Crippen LogP contribution in [-0.2, 0) is 0 Å². The van der Waals surface area contributed by atoms with E-state index >= 15 is 0 Å². The van der Waals surface area contributed by atoms with Crippen LogP contribution < -0.4 is 10.6 Å². The van der Waals surface area contributed by atoms with Crippen LogP contribution >= 0.6 is 0 Å². The molecule has 2 heterocycles. The average molecular weight is 273 g/mol. The Bertz CT molecular complexity index is 648. The summed E-state index contributed by atoms with van der Waals surface area (Å²) >= 11 is 0. The SMILES string of the molecule is Cc1cc(C(=O)NC2CC2)nc(Nc2cc(C)on2)n1. The van der Waals surface area contributed by atoms with Gasteiger partial charge < -0.3 is 15.2 Å². The third-order valence-electron chi connectivity index (χ3n) is 2.87. The summed E-state index contributed by atoms with van der Waals surface area (Å²) in [5.41, 5.74) is 1.07. The zero-order valence-electron chi connectivity index (χ0n) is 11.3. The maximum Gasteiger partial charge on any atom is 0.270 e. The number of rotatable bonds is 4. The lowest BCUT2D eigenvalue weighted by molar-refractivity contribution is 0.0946. The van der Waals surface area contributed by atoms with Crippen LogP contribution in [0.3, 0.4) is 0 Å². The van der Waals surface area contributed by atoms with E-state index < -0.39 is 0 Å². The summed E-state index contributed by atoms with van der Waals surface area (Å²) in [5.74, 6) is 1.37. The van der Waals surface area contributed by atoms with E-state index in [1.165, 1.54) is 0 Å². The number of hydrogen-bond acceptors (Lipinski definition) is 6. The minimum Gasteiger partial charge on any atom is -0.360 e. The van der Waals surface area contributed by atoms with Crippen molar-refractivity contribution in [2.75, 3.05) is 5.32 Å². The summed E-state index contributed by atoms with van der Waals surface area (Å²) in [6.45, 7) is 3.61. The van der Waals surface area contributed by atoms with Crippen molar-refractivity contribution >= 4 is 17.7 Å². The number of nitrogens with one attached hydrogen (secondary N) is 2. The van der Waals surface area contributed by atoms with Gasteiger partial charge in [-0.2, -0.15) is 0 Å². The number of hydrogen-bond donors (Lipinski definition) is 2. The molecule has 2 aromatic heterocycles. The Kier molecular flexibility index (Phi) is 3.09. The summed E-state index contributed by atoms with van der Waals surface area (Å²) < 4.78 is 4.96. The number of aryl methyl sites for hydroxylation is 2. The molecule has 1 saturated carbocycles. The number of aromatic nitrogens is 3. The maximum absolute atomic E-state index is 12.0. The first-order valence-corrected chi connectivity index (χ1v) is 6.47. The summed E-state index contributed by atoms with van der Waals surface area (Å²) in [6.07, 6.45) is 2.08. The molecule has 0 unspecified atom stereocenters. The lowest BCUT2D eigenvalue weighted by Gasteiger charge is -2.06. The highest BCUT2D eigenvalue weighted by molar-refractivity contribution is 5.93. The number of carbonyl (C=O) groups excluding carboxylic acids is 1. The second-order valence-corrected chi connectivity index (χ2v) is 4.91. The molecule has 104 valence electrons. The average Bonchev–Trinajstić information content (AvgIpc) is 3.11. The quantitative estimate of drug-likeness (QED) is 0.881. The zero-order valence-corrected chi connectivity index (χ0v) is 11.3. The molecule has 1 aliphatic rings. The van der Waals surface area contributed by atoms with Crippen LogP contribution in [0.4, 0.5) is 11.8 Å². The Hall–Kier alpha value is -2.44. The van der Waals surface area contributed by atoms with Crippen LogP contribution in [0.1, 0.15) is 34.8 Å². The summed E-state index contributed by atoms with van der Waals surface area (Å²) in [6, 6.07) is 3.69. The van der Waals surface area contributed by atoms with E-state index in [1.807, 2.05) is 6.92 Å². The smallest absolute Gasteiger partial charge is 0.270 e. The van der Waals surface area contributed by atoms with Gasteiger partial charge in [-0.05, 0) is 32.8 Å². The zero-order chi connectivity index (χ0) is 14.1. The molecule has 0 radical (unpaired) electrons. The molecule has 2 aromatic rings. The van der Waals surface area contributed by atoms with Crippen molar-refractivity contribution < 1.29 is 9.32 Å². The topological polar surface area (TPSA) is 92.9 Å². The highest BCUT2D eigenvalue weighted by Gasteiger charge is 2.24. The predicted molar refractivity (Wildman–Crippen MR) is 71.8 cm³/mol. The van der Waals surface area contributed by atoms with E-state index in [-0.39, 0.29) is 5.91 Å².